The first-order valence-electron chi connectivity index (χ1n) is 12.8. The molecule has 0 radical (unpaired) electrons. The molecule has 0 unspecified atom stereocenters. The molecule has 2 heterocycles. The summed E-state index contributed by atoms with van der Waals surface area (Å²) in [4.78, 5) is 21.3. The van der Waals surface area contributed by atoms with E-state index in [1.165, 1.54) is 11.8 Å². The molecule has 0 saturated heterocycles. The van der Waals surface area contributed by atoms with Crippen molar-refractivity contribution in [1.82, 2.24) is 9.88 Å². The third-order valence-corrected chi connectivity index (χ3v) is 8.12. The largest absolute Gasteiger partial charge is 0.459 e. The molecule has 200 valence electrons. The van der Waals surface area contributed by atoms with Gasteiger partial charge in [-0.15, -0.1) is 23.5 Å². The van der Waals surface area contributed by atoms with E-state index in [4.69, 9.17) is 16.0 Å². The number of aromatic nitrogens is 1. The van der Waals surface area contributed by atoms with Crippen molar-refractivity contribution in [2.75, 3.05) is 24.4 Å². The van der Waals surface area contributed by atoms with Crippen LogP contribution in [0.2, 0.25) is 5.02 Å². The summed E-state index contributed by atoms with van der Waals surface area (Å²) in [5.74, 6) is 0.761. The van der Waals surface area contributed by atoms with Crippen LogP contribution in [-0.2, 0) is 6.54 Å². The molecule has 38 heavy (non-hydrogen) atoms. The number of hydrogen-bond donors (Lipinski definition) is 1. The van der Waals surface area contributed by atoms with E-state index in [-0.39, 0.29) is 6.03 Å². The highest BCUT2D eigenvalue weighted by Gasteiger charge is 2.23. The van der Waals surface area contributed by atoms with Gasteiger partial charge in [0.15, 0.2) is 0 Å². The molecule has 4 rings (SSSR count). The number of amides is 2. The zero-order chi connectivity index (χ0) is 27.2. The molecule has 0 atom stereocenters. The maximum Gasteiger partial charge on any atom is 0.322 e. The summed E-state index contributed by atoms with van der Waals surface area (Å²) < 4.78 is 6.41. The minimum Gasteiger partial charge on any atom is -0.459 e. The number of benzene rings is 2. The molecule has 0 aliphatic rings. The van der Waals surface area contributed by atoms with Crippen molar-refractivity contribution in [3.8, 4) is 11.1 Å². The lowest BCUT2D eigenvalue weighted by Gasteiger charge is -2.24. The van der Waals surface area contributed by atoms with Crippen LogP contribution < -0.4 is 5.32 Å². The molecule has 5 nitrogen and oxygen atoms in total. The first kappa shape index (κ1) is 28.4. The third-order valence-electron chi connectivity index (χ3n) is 6.43. The van der Waals surface area contributed by atoms with Crippen molar-refractivity contribution in [3.05, 3.63) is 70.6 Å². The molecule has 0 fully saturated rings. The molecule has 0 aliphatic heterocycles. The van der Waals surface area contributed by atoms with Crippen LogP contribution in [0.25, 0.3) is 22.1 Å². The highest BCUT2D eigenvalue weighted by Crippen LogP contribution is 2.38. The van der Waals surface area contributed by atoms with E-state index >= 15 is 0 Å². The van der Waals surface area contributed by atoms with E-state index < -0.39 is 0 Å². The van der Waals surface area contributed by atoms with Gasteiger partial charge in [0.05, 0.1) is 12.2 Å². The predicted molar refractivity (Wildman–Crippen MR) is 163 cm³/mol. The highest BCUT2D eigenvalue weighted by molar-refractivity contribution is 7.99. The van der Waals surface area contributed by atoms with Gasteiger partial charge in [0.2, 0.25) is 0 Å². The van der Waals surface area contributed by atoms with Gasteiger partial charge in [0, 0.05) is 33.1 Å². The summed E-state index contributed by atoms with van der Waals surface area (Å²) in [6, 6.07) is 15.8. The zero-order valence-electron chi connectivity index (χ0n) is 22.6. The smallest absolute Gasteiger partial charge is 0.322 e. The molecule has 0 spiro atoms. The minimum atomic E-state index is -0.156. The fourth-order valence-electron chi connectivity index (χ4n) is 4.51. The lowest BCUT2D eigenvalue weighted by molar-refractivity contribution is 0.203. The Balaban J connectivity index is 1.73. The van der Waals surface area contributed by atoms with E-state index in [2.05, 4.69) is 30.2 Å². The first-order valence-corrected chi connectivity index (χ1v) is 15.6. The Kier molecular flexibility index (Phi) is 9.69. The van der Waals surface area contributed by atoms with Gasteiger partial charge in [-0.1, -0.05) is 55.1 Å². The van der Waals surface area contributed by atoms with Crippen LogP contribution in [0, 0.1) is 13.8 Å². The minimum absolute atomic E-state index is 0.156. The van der Waals surface area contributed by atoms with Gasteiger partial charge < -0.3 is 14.6 Å². The van der Waals surface area contributed by atoms with Crippen molar-refractivity contribution in [2.45, 2.75) is 56.5 Å². The van der Waals surface area contributed by atoms with Crippen LogP contribution in [0.1, 0.15) is 43.2 Å². The molecular formula is C30H34ClN3O2S2. The molecule has 2 aromatic heterocycles. The van der Waals surface area contributed by atoms with Crippen molar-refractivity contribution in [3.63, 3.8) is 0 Å². The highest BCUT2D eigenvalue weighted by atomic mass is 35.5. The van der Waals surface area contributed by atoms with Crippen molar-refractivity contribution >= 4 is 57.8 Å². The maximum absolute atomic E-state index is 13.8. The van der Waals surface area contributed by atoms with E-state index in [0.717, 1.165) is 74.0 Å². The normalized spacial score (nSPS) is 11.2. The number of aryl methyl sites for hydroxylation is 2. The van der Waals surface area contributed by atoms with Gasteiger partial charge in [-0.05, 0) is 68.7 Å². The number of carbonyl (C=O) groups excluding carboxylic acids is 1. The van der Waals surface area contributed by atoms with Gasteiger partial charge >= 0.3 is 6.03 Å². The van der Waals surface area contributed by atoms with Crippen LogP contribution in [0.5, 0.6) is 0 Å². The molecule has 2 aromatic carbocycles. The molecular weight excluding hydrogens is 534 g/mol. The van der Waals surface area contributed by atoms with Crippen molar-refractivity contribution in [2.24, 2.45) is 0 Å². The molecule has 8 heteroatoms. The summed E-state index contributed by atoms with van der Waals surface area (Å²) in [6.45, 7) is 7.19. The second-order valence-electron chi connectivity index (χ2n) is 9.32. The molecule has 0 bridgehead atoms. The Morgan fingerprint density at radius 1 is 1.05 bits per heavy atom. The number of halogens is 1. The van der Waals surface area contributed by atoms with Crippen LogP contribution in [0.15, 0.2) is 62.9 Å². The van der Waals surface area contributed by atoms with Crippen LogP contribution in [0.4, 0.5) is 10.5 Å². The number of anilines is 1. The second kappa shape index (κ2) is 13.0. The Morgan fingerprint density at radius 3 is 2.50 bits per heavy atom. The summed E-state index contributed by atoms with van der Waals surface area (Å²) in [5, 5.41) is 5.72. The number of nitrogens with one attached hydrogen (secondary N) is 1. The number of unbranched alkanes of at least 4 members (excludes halogenated alkanes) is 2. The summed E-state index contributed by atoms with van der Waals surface area (Å²) in [6.07, 6.45) is 7.03. The molecule has 1 N–H and O–H groups in total. The Labute approximate surface area is 238 Å². The van der Waals surface area contributed by atoms with Crippen molar-refractivity contribution in [1.29, 1.82) is 0 Å². The number of rotatable bonds is 10. The monoisotopic (exact) mass is 567 g/mol. The number of carbonyl (C=O) groups is 1. The standard InChI is InChI=1S/C30H34ClN3O2S2/c1-6-7-8-15-34(30(35)33-28-26(37-4)17-20(3)32-29(28)38-5)18-25-27(21-10-12-22(31)13-11-21)23-16-19(2)9-14-24(23)36-25/h9-14,16-17H,6-8,15,18H2,1-5H3,(H,33,35). The quantitative estimate of drug-likeness (QED) is 0.153. The number of urea groups is 1. The van der Waals surface area contributed by atoms with Crippen LogP contribution >= 0.6 is 35.1 Å². The van der Waals surface area contributed by atoms with Crippen LogP contribution in [0.3, 0.4) is 0 Å². The summed E-state index contributed by atoms with van der Waals surface area (Å²) in [7, 11) is 0. The first-order chi connectivity index (χ1) is 18.3. The Bertz CT molecular complexity index is 1390. The predicted octanol–water partition coefficient (Wildman–Crippen LogP) is 9.43. The Morgan fingerprint density at radius 2 is 1.82 bits per heavy atom. The Hall–Kier alpha value is -2.61. The number of nitrogens with zero attached hydrogens (tertiary/aromatic N) is 2. The zero-order valence-corrected chi connectivity index (χ0v) is 24.9. The second-order valence-corrected chi connectivity index (χ2v) is 11.4. The summed E-state index contributed by atoms with van der Waals surface area (Å²) >= 11 is 9.34. The number of furan rings is 1. The number of thioether (sulfide) groups is 2. The molecule has 4 aromatic rings. The van der Waals surface area contributed by atoms with Crippen molar-refractivity contribution < 1.29 is 9.21 Å². The molecule has 0 aliphatic carbocycles. The van der Waals surface area contributed by atoms with Gasteiger partial charge in [-0.25, -0.2) is 9.78 Å². The topological polar surface area (TPSA) is 58.4 Å². The molecule has 0 saturated carbocycles. The van der Waals surface area contributed by atoms with E-state index in [1.807, 2.05) is 66.8 Å². The third kappa shape index (κ3) is 6.50. The lowest BCUT2D eigenvalue weighted by Crippen LogP contribution is -2.35. The van der Waals surface area contributed by atoms with Gasteiger partial charge in [0.25, 0.3) is 0 Å². The number of fused-ring (bicyclic) bond motifs is 1. The van der Waals surface area contributed by atoms with E-state index in [9.17, 15) is 4.79 Å². The van der Waals surface area contributed by atoms with Crippen LogP contribution in [-0.4, -0.2) is 35.0 Å². The summed E-state index contributed by atoms with van der Waals surface area (Å²) in [5.41, 5.74) is 5.67. The van der Waals surface area contributed by atoms with Gasteiger partial charge in [-0.3, -0.25) is 0 Å². The average Bonchev–Trinajstić information content (AvgIpc) is 3.26. The fourth-order valence-corrected chi connectivity index (χ4v) is 5.94. The van der Waals surface area contributed by atoms with E-state index in [1.54, 1.807) is 11.8 Å². The maximum atomic E-state index is 13.8. The number of hydrogen-bond acceptors (Lipinski definition) is 5. The number of pyridine rings is 1. The molecule has 2 amide bonds. The van der Waals surface area contributed by atoms with E-state index in [0.29, 0.717) is 18.1 Å². The van der Waals surface area contributed by atoms with Gasteiger partial charge in [0.1, 0.15) is 16.4 Å². The fraction of sp³-hybridized carbons (Fsp3) is 0.333. The lowest BCUT2D eigenvalue weighted by atomic mass is 10.0. The SMILES string of the molecule is CCCCCN(Cc1oc2ccc(C)cc2c1-c1ccc(Cl)cc1)C(=O)Nc1c(SC)cc(C)nc1SC. The van der Waals surface area contributed by atoms with Gasteiger partial charge in [-0.2, -0.15) is 0 Å². The average molecular weight is 568 g/mol.